The van der Waals surface area contributed by atoms with Gasteiger partial charge >= 0.3 is 5.97 Å². The average molecular weight is 263 g/mol. The maximum absolute atomic E-state index is 11.8. The number of pyridine rings is 1. The van der Waals surface area contributed by atoms with Crippen LogP contribution in [0, 0.1) is 0 Å². The Kier molecular flexibility index (Phi) is 4.01. The second-order valence-electron chi connectivity index (χ2n) is 4.08. The van der Waals surface area contributed by atoms with Gasteiger partial charge < -0.3 is 19.6 Å². The fourth-order valence-electron chi connectivity index (χ4n) is 1.94. The predicted molar refractivity (Wildman–Crippen MR) is 70.5 cm³/mol. The van der Waals surface area contributed by atoms with Gasteiger partial charge in [-0.25, -0.2) is 9.78 Å². The molecule has 6 nitrogen and oxygen atoms in total. The van der Waals surface area contributed by atoms with Crippen molar-refractivity contribution in [1.82, 2.24) is 9.38 Å². The van der Waals surface area contributed by atoms with Gasteiger partial charge in [-0.3, -0.25) is 0 Å². The number of fused-ring (bicyclic) bond motifs is 1. The third-order valence-electron chi connectivity index (χ3n) is 2.91. The number of carbonyl (C=O) groups is 1. The van der Waals surface area contributed by atoms with Gasteiger partial charge in [-0.2, -0.15) is 0 Å². The summed E-state index contributed by atoms with van der Waals surface area (Å²) >= 11 is 0. The molecule has 0 bridgehead atoms. The lowest BCUT2D eigenvalue weighted by Crippen LogP contribution is -2.04. The summed E-state index contributed by atoms with van der Waals surface area (Å²) in [7, 11) is 2.92. The third-order valence-corrected chi connectivity index (χ3v) is 2.91. The molecule has 0 spiro atoms. The predicted octanol–water partition coefficient (Wildman–Crippen LogP) is 1.02. The maximum atomic E-state index is 11.8. The molecule has 0 saturated heterocycles. The molecule has 2 N–H and O–H groups in total. The van der Waals surface area contributed by atoms with E-state index >= 15 is 0 Å². The number of carbonyl (C=O) groups excluding carboxylic acids is 1. The summed E-state index contributed by atoms with van der Waals surface area (Å²) in [6, 6.07) is 3.59. The minimum atomic E-state index is -0.454. The number of hydrogen-bond donors (Lipinski definition) is 1. The molecule has 2 aromatic heterocycles. The average Bonchev–Trinajstić information content (AvgIpc) is 2.82. The summed E-state index contributed by atoms with van der Waals surface area (Å²) in [6.45, 7) is 0.582. The summed E-state index contributed by atoms with van der Waals surface area (Å²) in [5.74, 6) is 1.01. The highest BCUT2D eigenvalue weighted by molar-refractivity contribution is 5.95. The Balaban J connectivity index is 2.55. The van der Waals surface area contributed by atoms with E-state index in [9.17, 15) is 4.79 Å². The van der Waals surface area contributed by atoms with Crippen LogP contribution in [0.3, 0.4) is 0 Å². The van der Waals surface area contributed by atoms with E-state index in [2.05, 4.69) is 4.98 Å². The van der Waals surface area contributed by atoms with Crippen molar-refractivity contribution >= 4 is 11.5 Å². The van der Waals surface area contributed by atoms with Gasteiger partial charge in [-0.15, -0.1) is 0 Å². The first-order chi connectivity index (χ1) is 9.21. The molecule has 0 aromatic carbocycles. The number of nitrogens with two attached hydrogens (primary N) is 1. The SMILES string of the molecule is COC(=O)c1nc(CCCN)n2ccc(OC)cc12. The van der Waals surface area contributed by atoms with Crippen molar-refractivity contribution in [3.8, 4) is 5.75 Å². The van der Waals surface area contributed by atoms with E-state index in [0.29, 0.717) is 29.9 Å². The van der Waals surface area contributed by atoms with Crippen LogP contribution in [-0.4, -0.2) is 36.1 Å². The summed E-state index contributed by atoms with van der Waals surface area (Å²) in [4.78, 5) is 16.1. The second-order valence-corrected chi connectivity index (χ2v) is 4.08. The van der Waals surface area contributed by atoms with Gasteiger partial charge in [0.05, 0.1) is 19.7 Å². The van der Waals surface area contributed by atoms with Crippen LogP contribution in [0.1, 0.15) is 22.7 Å². The molecule has 0 saturated carbocycles. The lowest BCUT2D eigenvalue weighted by atomic mass is 10.3. The number of rotatable bonds is 5. The van der Waals surface area contributed by atoms with E-state index in [-0.39, 0.29) is 0 Å². The molecule has 2 rings (SSSR count). The van der Waals surface area contributed by atoms with E-state index in [4.69, 9.17) is 15.2 Å². The molecule has 2 aromatic rings. The topological polar surface area (TPSA) is 78.8 Å². The molecule has 0 aliphatic heterocycles. The summed E-state index contributed by atoms with van der Waals surface area (Å²) in [5, 5.41) is 0. The highest BCUT2D eigenvalue weighted by atomic mass is 16.5. The van der Waals surface area contributed by atoms with Crippen LogP contribution in [0.2, 0.25) is 0 Å². The highest BCUT2D eigenvalue weighted by Gasteiger charge is 2.18. The third kappa shape index (κ3) is 2.53. The molecule has 0 atom stereocenters. The Morgan fingerprint density at radius 3 is 2.89 bits per heavy atom. The van der Waals surface area contributed by atoms with Crippen molar-refractivity contribution in [1.29, 1.82) is 0 Å². The number of imidazole rings is 1. The lowest BCUT2D eigenvalue weighted by molar-refractivity contribution is 0.0597. The smallest absolute Gasteiger partial charge is 0.358 e. The van der Waals surface area contributed by atoms with E-state index in [1.54, 1.807) is 13.2 Å². The van der Waals surface area contributed by atoms with Gasteiger partial charge in [0.25, 0.3) is 0 Å². The summed E-state index contributed by atoms with van der Waals surface area (Å²) in [6.07, 6.45) is 3.35. The molecule has 102 valence electrons. The van der Waals surface area contributed by atoms with Crippen molar-refractivity contribution in [3.05, 3.63) is 29.8 Å². The second kappa shape index (κ2) is 5.71. The Labute approximate surface area is 111 Å². The number of hydrogen-bond acceptors (Lipinski definition) is 5. The highest BCUT2D eigenvalue weighted by Crippen LogP contribution is 2.20. The quantitative estimate of drug-likeness (QED) is 0.815. The monoisotopic (exact) mass is 263 g/mol. The zero-order chi connectivity index (χ0) is 13.8. The Hall–Kier alpha value is -2.08. The number of nitrogens with zero attached hydrogens (tertiary/aromatic N) is 2. The van der Waals surface area contributed by atoms with Crippen molar-refractivity contribution in [2.75, 3.05) is 20.8 Å². The van der Waals surface area contributed by atoms with E-state index in [1.165, 1.54) is 7.11 Å². The summed E-state index contributed by atoms with van der Waals surface area (Å²) < 4.78 is 11.8. The van der Waals surface area contributed by atoms with Gasteiger partial charge in [-0.05, 0) is 19.0 Å². The normalized spacial score (nSPS) is 10.7. The lowest BCUT2D eigenvalue weighted by Gasteiger charge is -2.03. The number of methoxy groups -OCH3 is 2. The van der Waals surface area contributed by atoms with Crippen LogP contribution < -0.4 is 10.5 Å². The molecule has 19 heavy (non-hydrogen) atoms. The summed E-state index contributed by atoms with van der Waals surface area (Å²) in [5.41, 5.74) is 6.49. The van der Waals surface area contributed by atoms with Crippen LogP contribution in [0.25, 0.3) is 5.52 Å². The first-order valence-electron chi connectivity index (χ1n) is 6.04. The van der Waals surface area contributed by atoms with E-state index in [1.807, 2.05) is 16.7 Å². The van der Waals surface area contributed by atoms with Crippen LogP contribution in [-0.2, 0) is 11.2 Å². The fourth-order valence-corrected chi connectivity index (χ4v) is 1.94. The molecule has 0 amide bonds. The van der Waals surface area contributed by atoms with Crippen LogP contribution in [0.4, 0.5) is 0 Å². The number of esters is 1. The van der Waals surface area contributed by atoms with Crippen molar-refractivity contribution in [2.24, 2.45) is 5.73 Å². The van der Waals surface area contributed by atoms with Gasteiger partial charge in [0, 0.05) is 18.7 Å². The molecule has 0 radical (unpaired) electrons. The van der Waals surface area contributed by atoms with Gasteiger partial charge in [0.2, 0.25) is 0 Å². The number of aromatic nitrogens is 2. The van der Waals surface area contributed by atoms with Crippen LogP contribution in [0.15, 0.2) is 18.3 Å². The zero-order valence-corrected chi connectivity index (χ0v) is 11.0. The van der Waals surface area contributed by atoms with Crippen LogP contribution in [0.5, 0.6) is 5.75 Å². The Morgan fingerprint density at radius 1 is 1.47 bits per heavy atom. The molecular weight excluding hydrogens is 246 g/mol. The fraction of sp³-hybridized carbons (Fsp3) is 0.385. The molecule has 6 heteroatoms. The van der Waals surface area contributed by atoms with Crippen LogP contribution >= 0.6 is 0 Å². The largest absolute Gasteiger partial charge is 0.497 e. The maximum Gasteiger partial charge on any atom is 0.358 e. The Bertz CT molecular complexity index is 592. The molecule has 2 heterocycles. The van der Waals surface area contributed by atoms with Crippen molar-refractivity contribution in [2.45, 2.75) is 12.8 Å². The molecule has 0 aliphatic carbocycles. The van der Waals surface area contributed by atoms with Gasteiger partial charge in [-0.1, -0.05) is 0 Å². The van der Waals surface area contributed by atoms with Gasteiger partial charge in [0.15, 0.2) is 5.69 Å². The molecular formula is C13H17N3O3. The first-order valence-corrected chi connectivity index (χ1v) is 6.04. The molecule has 0 fully saturated rings. The number of ether oxygens (including phenoxy) is 2. The van der Waals surface area contributed by atoms with Gasteiger partial charge in [0.1, 0.15) is 11.6 Å². The standard InChI is InChI=1S/C13H17N3O3/c1-18-9-5-7-16-10(8-9)12(13(17)19-2)15-11(16)4-3-6-14/h5,7-8H,3-4,6,14H2,1-2H3. The Morgan fingerprint density at radius 2 is 2.26 bits per heavy atom. The molecule has 0 aliphatic rings. The molecule has 0 unspecified atom stereocenters. The van der Waals surface area contributed by atoms with Crippen molar-refractivity contribution in [3.63, 3.8) is 0 Å². The minimum absolute atomic E-state index is 0.299. The van der Waals surface area contributed by atoms with E-state index in [0.717, 1.165) is 12.2 Å². The zero-order valence-electron chi connectivity index (χ0n) is 11.0. The van der Waals surface area contributed by atoms with Crippen molar-refractivity contribution < 1.29 is 14.3 Å². The number of aryl methyl sites for hydroxylation is 1. The van der Waals surface area contributed by atoms with E-state index < -0.39 is 5.97 Å². The minimum Gasteiger partial charge on any atom is -0.497 e. The first kappa shape index (κ1) is 13.4.